The van der Waals surface area contributed by atoms with Gasteiger partial charge in [0, 0.05) is 0 Å². The van der Waals surface area contributed by atoms with Gasteiger partial charge < -0.3 is 29.2 Å². The van der Waals surface area contributed by atoms with Gasteiger partial charge in [0.05, 0.1) is 17.8 Å². The van der Waals surface area contributed by atoms with Crippen LogP contribution in [0.25, 0.3) is 0 Å². The van der Waals surface area contributed by atoms with E-state index < -0.39 is 72.3 Å². The number of ether oxygens (including phenoxy) is 4. The lowest BCUT2D eigenvalue weighted by Gasteiger charge is -2.42. The van der Waals surface area contributed by atoms with Crippen molar-refractivity contribution in [2.45, 2.75) is 72.2 Å². The number of carboxylic acids is 1. The molecule has 1 unspecified atom stereocenters. The molecule has 1 fully saturated rings. The second kappa shape index (κ2) is 9.83. The van der Waals surface area contributed by atoms with Crippen molar-refractivity contribution in [1.82, 2.24) is 0 Å². The van der Waals surface area contributed by atoms with Crippen LogP contribution in [-0.4, -0.2) is 64.8 Å². The number of esters is 3. The molecule has 0 aromatic heterocycles. The molecule has 0 radical (unpaired) electrons. The number of carboxylic acid groups (broad SMARTS) is 1. The molecule has 0 amide bonds. The fraction of sp³-hybridized carbons (Fsp3) is 0.778. The van der Waals surface area contributed by atoms with Gasteiger partial charge in [-0.1, -0.05) is 41.5 Å². The summed E-state index contributed by atoms with van der Waals surface area (Å²) >= 11 is 0. The molecule has 10 nitrogen and oxygen atoms in total. The Hall–Kier alpha value is -2.20. The second-order valence-corrected chi connectivity index (χ2v) is 7.45. The normalized spacial score (nSPS) is 27.6. The van der Waals surface area contributed by atoms with Crippen molar-refractivity contribution in [2.24, 2.45) is 17.8 Å². The Bertz CT molecular complexity index is 597. The first-order valence-corrected chi connectivity index (χ1v) is 9.04. The molecule has 1 aliphatic heterocycles. The number of aliphatic carboxylic acids is 1. The first-order valence-electron chi connectivity index (χ1n) is 9.04. The lowest BCUT2D eigenvalue weighted by molar-refractivity contribution is -0.291. The molecule has 0 spiro atoms. The van der Waals surface area contributed by atoms with Gasteiger partial charge in [0.25, 0.3) is 0 Å². The summed E-state index contributed by atoms with van der Waals surface area (Å²) in [6.07, 6.45) is -8.48. The van der Waals surface area contributed by atoms with Crippen molar-refractivity contribution in [3.05, 3.63) is 0 Å². The summed E-state index contributed by atoms with van der Waals surface area (Å²) in [4.78, 5) is 47.8. The Morgan fingerprint density at radius 1 is 0.714 bits per heavy atom. The monoisotopic (exact) mass is 404 g/mol. The van der Waals surface area contributed by atoms with Gasteiger partial charge in [0.15, 0.2) is 30.7 Å². The van der Waals surface area contributed by atoms with Crippen LogP contribution in [0.2, 0.25) is 0 Å². The molecular weight excluding hydrogens is 376 g/mol. The second-order valence-electron chi connectivity index (χ2n) is 7.45. The lowest BCUT2D eigenvalue weighted by Crippen LogP contribution is -2.63. The van der Waals surface area contributed by atoms with Gasteiger partial charge in [-0.3, -0.25) is 14.4 Å². The first kappa shape index (κ1) is 23.8. The third-order valence-electron chi connectivity index (χ3n) is 3.93. The van der Waals surface area contributed by atoms with Gasteiger partial charge >= 0.3 is 23.9 Å². The first-order chi connectivity index (χ1) is 12.9. The number of rotatable bonds is 7. The van der Waals surface area contributed by atoms with Crippen molar-refractivity contribution >= 4 is 23.9 Å². The van der Waals surface area contributed by atoms with Crippen LogP contribution in [0.1, 0.15) is 41.5 Å². The maximum atomic E-state index is 12.2. The van der Waals surface area contributed by atoms with E-state index in [-0.39, 0.29) is 0 Å². The number of carbonyl (C=O) groups is 4. The maximum Gasteiger partial charge on any atom is 0.337 e. The predicted molar refractivity (Wildman–Crippen MR) is 92.7 cm³/mol. The average molecular weight is 404 g/mol. The van der Waals surface area contributed by atoms with E-state index in [1.165, 1.54) is 27.7 Å². The molecule has 1 heterocycles. The predicted octanol–water partition coefficient (Wildman–Crippen LogP) is 0.492. The van der Waals surface area contributed by atoms with Crippen LogP contribution in [0.4, 0.5) is 0 Å². The van der Waals surface area contributed by atoms with E-state index in [0.717, 1.165) is 0 Å². The third kappa shape index (κ3) is 5.90. The number of aliphatic hydroxyl groups is 1. The molecule has 1 aliphatic rings. The molecule has 0 saturated carbocycles. The SMILES string of the molecule is CC(C)C(=O)O[C@H]1[C@H](OC(=O)C(C)C)[C@@H](OC(=O)C(C)C)C(O)O[C@@H]1C(=O)O. The molecule has 0 aliphatic carbocycles. The molecule has 5 atom stereocenters. The fourth-order valence-corrected chi connectivity index (χ4v) is 2.22. The average Bonchev–Trinajstić information content (AvgIpc) is 2.58. The summed E-state index contributed by atoms with van der Waals surface area (Å²) in [5.74, 6) is -5.59. The highest BCUT2D eigenvalue weighted by molar-refractivity contribution is 5.77. The molecule has 0 bridgehead atoms. The largest absolute Gasteiger partial charge is 0.479 e. The van der Waals surface area contributed by atoms with Crippen molar-refractivity contribution in [1.29, 1.82) is 0 Å². The van der Waals surface area contributed by atoms with Crippen LogP contribution in [-0.2, 0) is 38.1 Å². The van der Waals surface area contributed by atoms with E-state index in [1.807, 2.05) is 0 Å². The lowest BCUT2D eigenvalue weighted by atomic mass is 9.97. The quantitative estimate of drug-likeness (QED) is 0.454. The van der Waals surface area contributed by atoms with E-state index in [4.69, 9.17) is 18.9 Å². The molecule has 1 rings (SSSR count). The Morgan fingerprint density at radius 3 is 1.43 bits per heavy atom. The molecule has 0 aromatic carbocycles. The van der Waals surface area contributed by atoms with Crippen LogP contribution in [0.5, 0.6) is 0 Å². The van der Waals surface area contributed by atoms with Gasteiger partial charge in [-0.05, 0) is 0 Å². The van der Waals surface area contributed by atoms with Crippen LogP contribution < -0.4 is 0 Å². The van der Waals surface area contributed by atoms with E-state index in [2.05, 4.69) is 0 Å². The molecular formula is C18H28O10. The van der Waals surface area contributed by atoms with Crippen LogP contribution in [0.15, 0.2) is 0 Å². The molecule has 0 aromatic rings. The number of hydrogen-bond donors (Lipinski definition) is 2. The minimum Gasteiger partial charge on any atom is -0.479 e. The summed E-state index contributed by atoms with van der Waals surface area (Å²) in [6, 6.07) is 0. The summed E-state index contributed by atoms with van der Waals surface area (Å²) in [5.41, 5.74) is 0. The smallest absolute Gasteiger partial charge is 0.337 e. The molecule has 160 valence electrons. The summed E-state index contributed by atoms with van der Waals surface area (Å²) in [5, 5.41) is 19.6. The minimum atomic E-state index is -1.90. The van der Waals surface area contributed by atoms with E-state index in [1.54, 1.807) is 13.8 Å². The minimum absolute atomic E-state index is 0.581. The number of hydrogen-bond acceptors (Lipinski definition) is 9. The Labute approximate surface area is 163 Å². The van der Waals surface area contributed by atoms with Gasteiger partial charge in [0.1, 0.15) is 0 Å². The Balaban J connectivity index is 3.32. The third-order valence-corrected chi connectivity index (χ3v) is 3.93. The zero-order valence-electron chi connectivity index (χ0n) is 16.8. The van der Waals surface area contributed by atoms with Crippen LogP contribution in [0, 0.1) is 17.8 Å². The molecule has 28 heavy (non-hydrogen) atoms. The van der Waals surface area contributed by atoms with E-state index in [9.17, 15) is 29.4 Å². The van der Waals surface area contributed by atoms with E-state index in [0.29, 0.717) is 0 Å². The van der Waals surface area contributed by atoms with Crippen LogP contribution in [0.3, 0.4) is 0 Å². The molecule has 1 saturated heterocycles. The molecule has 2 N–H and O–H groups in total. The van der Waals surface area contributed by atoms with Crippen LogP contribution >= 0.6 is 0 Å². The van der Waals surface area contributed by atoms with Gasteiger partial charge in [0.2, 0.25) is 0 Å². The summed E-state index contributed by atoms with van der Waals surface area (Å²) in [7, 11) is 0. The Morgan fingerprint density at radius 2 is 1.07 bits per heavy atom. The zero-order valence-corrected chi connectivity index (χ0v) is 16.8. The zero-order chi connectivity index (χ0) is 21.8. The van der Waals surface area contributed by atoms with Crippen molar-refractivity contribution < 1.29 is 48.3 Å². The van der Waals surface area contributed by atoms with Gasteiger partial charge in [-0.2, -0.15) is 0 Å². The highest BCUT2D eigenvalue weighted by atomic mass is 16.7. The Kier molecular flexibility index (Phi) is 8.37. The molecule has 10 heteroatoms. The topological polar surface area (TPSA) is 146 Å². The van der Waals surface area contributed by atoms with Crippen molar-refractivity contribution in [3.63, 3.8) is 0 Å². The highest BCUT2D eigenvalue weighted by Gasteiger charge is 2.54. The number of carbonyl (C=O) groups excluding carboxylic acids is 3. The maximum absolute atomic E-state index is 12.2. The highest BCUT2D eigenvalue weighted by Crippen LogP contribution is 2.29. The van der Waals surface area contributed by atoms with Crippen molar-refractivity contribution in [3.8, 4) is 0 Å². The summed E-state index contributed by atoms with van der Waals surface area (Å²) in [6.45, 7) is 9.23. The summed E-state index contributed by atoms with van der Waals surface area (Å²) < 4.78 is 20.7. The number of aliphatic hydroxyl groups excluding tert-OH is 1. The fourth-order valence-electron chi connectivity index (χ4n) is 2.22. The van der Waals surface area contributed by atoms with Gasteiger partial charge in [-0.25, -0.2) is 4.79 Å². The van der Waals surface area contributed by atoms with E-state index >= 15 is 0 Å². The standard InChI is InChI=1S/C18H28O10/c1-7(2)15(21)25-10-11(26-16(22)8(3)4)13(28-17(23)9(5)6)18(24)27-12(10)14(19)20/h7-13,18,24H,1-6H3,(H,19,20)/t10-,11-,12-,13+,18?/m0/s1. The van der Waals surface area contributed by atoms with Gasteiger partial charge in [-0.15, -0.1) is 0 Å². The van der Waals surface area contributed by atoms with Crippen molar-refractivity contribution in [2.75, 3.05) is 0 Å².